The Bertz CT molecular complexity index is 649. The van der Waals surface area contributed by atoms with E-state index in [-0.39, 0.29) is 15.9 Å². The molecule has 8 heteroatoms. The van der Waals surface area contributed by atoms with Gasteiger partial charge < -0.3 is 10.7 Å². The van der Waals surface area contributed by atoms with E-state index >= 15 is 0 Å². The maximum Gasteiger partial charge on any atom is 0.274 e. The molecule has 0 saturated heterocycles. The van der Waals surface area contributed by atoms with E-state index in [0.717, 1.165) is 12.1 Å². The molecule has 2 rings (SSSR count). The fourth-order valence-electron chi connectivity index (χ4n) is 1.42. The van der Waals surface area contributed by atoms with Crippen LogP contribution in [0.4, 0.5) is 20.2 Å². The number of rotatable bonds is 3. The normalized spacial score (nSPS) is 10.2. The van der Waals surface area contributed by atoms with Gasteiger partial charge in [0.2, 0.25) is 0 Å². The van der Waals surface area contributed by atoms with E-state index in [0.29, 0.717) is 5.69 Å². The zero-order valence-electron chi connectivity index (χ0n) is 9.95. The first kappa shape index (κ1) is 14.4. The molecule has 0 unspecified atom stereocenters. The van der Waals surface area contributed by atoms with Gasteiger partial charge in [0, 0.05) is 6.07 Å². The zero-order valence-corrected chi connectivity index (χ0v) is 11.5. The van der Waals surface area contributed by atoms with Crippen molar-refractivity contribution in [3.8, 4) is 0 Å². The van der Waals surface area contributed by atoms with Crippen LogP contribution in [0.15, 0.2) is 34.9 Å². The lowest BCUT2D eigenvalue weighted by atomic mass is 10.2. The van der Waals surface area contributed by atoms with Crippen molar-refractivity contribution in [2.75, 3.05) is 10.7 Å². The lowest BCUT2D eigenvalue weighted by Crippen LogP contribution is -2.15. The van der Waals surface area contributed by atoms with Crippen LogP contribution in [0.5, 0.6) is 0 Å². The van der Waals surface area contributed by atoms with Crippen LogP contribution in [0.2, 0.25) is 0 Å². The Morgan fingerprint density at radius 3 is 2.60 bits per heavy atom. The van der Waals surface area contributed by atoms with Gasteiger partial charge in [0.15, 0.2) is 0 Å². The summed E-state index contributed by atoms with van der Waals surface area (Å²) in [6.45, 7) is 0. The molecule has 2 aromatic rings. The number of hydrazine groups is 1. The Kier molecular flexibility index (Phi) is 4.26. The minimum Gasteiger partial charge on any atom is -0.323 e. The summed E-state index contributed by atoms with van der Waals surface area (Å²) in [5, 5.41) is 2.24. The molecule has 0 aliphatic heterocycles. The number of nitrogen functional groups attached to an aromatic ring is 1. The van der Waals surface area contributed by atoms with Crippen LogP contribution in [0.25, 0.3) is 0 Å². The fraction of sp³-hybridized carbons (Fsp3) is 0. The molecule has 0 aliphatic rings. The Morgan fingerprint density at radius 2 is 2.00 bits per heavy atom. The predicted octanol–water partition coefficient (Wildman–Crippen LogP) is 2.66. The van der Waals surface area contributed by atoms with E-state index in [4.69, 9.17) is 5.84 Å². The first-order valence-electron chi connectivity index (χ1n) is 5.40. The molecule has 104 valence electrons. The molecule has 0 saturated carbocycles. The maximum atomic E-state index is 13.6. The van der Waals surface area contributed by atoms with Crippen molar-refractivity contribution in [3.63, 3.8) is 0 Å². The first-order chi connectivity index (χ1) is 9.51. The number of amides is 1. The molecule has 0 radical (unpaired) electrons. The number of nitrogens with one attached hydrogen (secondary N) is 2. The summed E-state index contributed by atoms with van der Waals surface area (Å²) in [4.78, 5) is 15.7. The molecule has 5 nitrogen and oxygen atoms in total. The number of pyridine rings is 1. The van der Waals surface area contributed by atoms with Crippen molar-refractivity contribution in [3.05, 3.63) is 52.3 Å². The van der Waals surface area contributed by atoms with Crippen LogP contribution < -0.4 is 16.6 Å². The molecule has 0 bridgehead atoms. The third-order valence-electron chi connectivity index (χ3n) is 2.42. The number of anilines is 2. The lowest BCUT2D eigenvalue weighted by Gasteiger charge is -2.07. The van der Waals surface area contributed by atoms with Gasteiger partial charge in [-0.3, -0.25) is 10.6 Å². The zero-order chi connectivity index (χ0) is 14.7. The standard InChI is InChI=1S/C12H9BrF2N4O/c13-7-3-9(15)11(4-8(7)14)18-12(20)10-2-1-6(19-16)5-17-10/h1-5,19H,16H2,(H,18,20). The molecule has 0 aliphatic carbocycles. The van der Waals surface area contributed by atoms with E-state index in [1.807, 2.05) is 0 Å². The quantitative estimate of drug-likeness (QED) is 0.455. The summed E-state index contributed by atoms with van der Waals surface area (Å²) < 4.78 is 26.9. The van der Waals surface area contributed by atoms with Crippen molar-refractivity contribution in [1.82, 2.24) is 4.98 Å². The predicted molar refractivity (Wildman–Crippen MR) is 74.1 cm³/mol. The number of carbonyl (C=O) groups is 1. The van der Waals surface area contributed by atoms with Gasteiger partial charge in [0.25, 0.3) is 5.91 Å². The van der Waals surface area contributed by atoms with Crippen LogP contribution in [-0.2, 0) is 0 Å². The second-order valence-electron chi connectivity index (χ2n) is 3.78. The molecule has 20 heavy (non-hydrogen) atoms. The van der Waals surface area contributed by atoms with Crippen molar-refractivity contribution >= 4 is 33.2 Å². The average molecular weight is 343 g/mol. The summed E-state index contributed by atoms with van der Waals surface area (Å²) in [6, 6.07) is 4.74. The number of halogens is 3. The smallest absolute Gasteiger partial charge is 0.274 e. The molecular weight excluding hydrogens is 334 g/mol. The van der Waals surface area contributed by atoms with E-state index in [9.17, 15) is 13.6 Å². The second-order valence-corrected chi connectivity index (χ2v) is 4.63. The van der Waals surface area contributed by atoms with Gasteiger partial charge in [0.05, 0.1) is 22.0 Å². The number of nitrogens with zero attached hydrogens (tertiary/aromatic N) is 1. The Balaban J connectivity index is 2.20. The first-order valence-corrected chi connectivity index (χ1v) is 6.19. The van der Waals surface area contributed by atoms with E-state index in [2.05, 4.69) is 31.7 Å². The highest BCUT2D eigenvalue weighted by Gasteiger charge is 2.13. The third kappa shape index (κ3) is 3.09. The number of hydrogen-bond acceptors (Lipinski definition) is 4. The highest BCUT2D eigenvalue weighted by atomic mass is 79.9. The van der Waals surface area contributed by atoms with Crippen LogP contribution in [0.3, 0.4) is 0 Å². The second kappa shape index (κ2) is 5.93. The van der Waals surface area contributed by atoms with Gasteiger partial charge in [-0.15, -0.1) is 0 Å². The Labute approximate surface area is 121 Å². The minimum atomic E-state index is -0.758. The Morgan fingerprint density at radius 1 is 1.25 bits per heavy atom. The molecule has 1 aromatic carbocycles. The monoisotopic (exact) mass is 342 g/mol. The van der Waals surface area contributed by atoms with Gasteiger partial charge in [0.1, 0.15) is 17.3 Å². The van der Waals surface area contributed by atoms with Crippen LogP contribution in [-0.4, -0.2) is 10.9 Å². The maximum absolute atomic E-state index is 13.6. The number of nitrogens with two attached hydrogens (primary N) is 1. The highest BCUT2D eigenvalue weighted by Crippen LogP contribution is 2.23. The highest BCUT2D eigenvalue weighted by molar-refractivity contribution is 9.10. The van der Waals surface area contributed by atoms with Crippen LogP contribution >= 0.6 is 15.9 Å². The van der Waals surface area contributed by atoms with Gasteiger partial charge in [-0.2, -0.15) is 0 Å². The summed E-state index contributed by atoms with van der Waals surface area (Å²) in [5.41, 5.74) is 2.66. The van der Waals surface area contributed by atoms with Crippen molar-refractivity contribution in [1.29, 1.82) is 0 Å². The lowest BCUT2D eigenvalue weighted by molar-refractivity contribution is 0.102. The van der Waals surface area contributed by atoms with Gasteiger partial charge in [-0.1, -0.05) is 0 Å². The fourth-order valence-corrected chi connectivity index (χ4v) is 1.73. The SMILES string of the molecule is NNc1ccc(C(=O)Nc2cc(F)c(Br)cc2F)nc1. The minimum absolute atomic E-state index is 0.0236. The molecule has 0 spiro atoms. The summed E-state index contributed by atoms with van der Waals surface area (Å²) >= 11 is 2.85. The van der Waals surface area contributed by atoms with Crippen molar-refractivity contribution in [2.45, 2.75) is 0 Å². The molecule has 1 aromatic heterocycles. The van der Waals surface area contributed by atoms with Crippen molar-refractivity contribution in [2.24, 2.45) is 5.84 Å². The van der Waals surface area contributed by atoms with Crippen molar-refractivity contribution < 1.29 is 13.6 Å². The van der Waals surface area contributed by atoms with Crippen LogP contribution in [0, 0.1) is 11.6 Å². The average Bonchev–Trinajstić information content (AvgIpc) is 2.44. The molecule has 1 heterocycles. The van der Waals surface area contributed by atoms with Gasteiger partial charge in [-0.25, -0.2) is 13.8 Å². The van der Waals surface area contributed by atoms with Gasteiger partial charge >= 0.3 is 0 Å². The summed E-state index contributed by atoms with van der Waals surface area (Å²) in [5.74, 6) is 3.07. The van der Waals surface area contributed by atoms with E-state index in [1.165, 1.54) is 18.3 Å². The largest absolute Gasteiger partial charge is 0.323 e. The Hall–Kier alpha value is -2.06. The number of aromatic nitrogens is 1. The van der Waals surface area contributed by atoms with Gasteiger partial charge in [-0.05, 0) is 34.1 Å². The molecule has 0 fully saturated rings. The summed E-state index contributed by atoms with van der Waals surface area (Å²) in [7, 11) is 0. The number of hydrogen-bond donors (Lipinski definition) is 3. The molecular formula is C12H9BrF2N4O. The van der Waals surface area contributed by atoms with E-state index in [1.54, 1.807) is 0 Å². The number of carbonyl (C=O) groups excluding carboxylic acids is 1. The molecule has 0 atom stereocenters. The molecule has 4 N–H and O–H groups in total. The molecule has 1 amide bonds. The summed E-state index contributed by atoms with van der Waals surface area (Å²) in [6.07, 6.45) is 1.34. The van der Waals surface area contributed by atoms with E-state index < -0.39 is 17.5 Å². The van der Waals surface area contributed by atoms with Crippen LogP contribution in [0.1, 0.15) is 10.5 Å². The topological polar surface area (TPSA) is 80.0 Å². The third-order valence-corrected chi connectivity index (χ3v) is 3.03. The number of benzene rings is 1.